The number of unbranched alkanes of at least 4 members (excludes halogenated alkanes) is 59. The Bertz CT molecular complexity index is 1430. The number of carbonyl (C=O) groups is 2. The number of allylic oxidation sites excluding steroid dienone is 6. The summed E-state index contributed by atoms with van der Waals surface area (Å²) in [5, 5.41) is 23.4. The first-order valence-electron chi connectivity index (χ1n) is 40.2. The van der Waals surface area contributed by atoms with Crippen LogP contribution in [0.3, 0.4) is 0 Å². The van der Waals surface area contributed by atoms with Gasteiger partial charge in [-0.2, -0.15) is 0 Å². The van der Waals surface area contributed by atoms with Gasteiger partial charge in [-0.1, -0.05) is 391 Å². The molecule has 0 aromatic rings. The van der Waals surface area contributed by atoms with Crippen LogP contribution in [-0.4, -0.2) is 47.4 Å². The van der Waals surface area contributed by atoms with Gasteiger partial charge < -0.3 is 20.3 Å². The molecule has 0 bridgehead atoms. The van der Waals surface area contributed by atoms with Crippen LogP contribution in [0, 0.1) is 0 Å². The maximum Gasteiger partial charge on any atom is 0.305 e. The largest absolute Gasteiger partial charge is 0.466 e. The van der Waals surface area contributed by atoms with Crippen molar-refractivity contribution in [3.8, 4) is 0 Å². The molecular weight excluding hydrogens is 1080 g/mol. The highest BCUT2D eigenvalue weighted by Crippen LogP contribution is 2.20. The predicted octanol–water partition coefficient (Wildman–Crippen LogP) is 26.6. The molecule has 6 nitrogen and oxygen atoms in total. The van der Waals surface area contributed by atoms with Gasteiger partial charge in [-0.15, -0.1) is 0 Å². The molecule has 0 spiro atoms. The Morgan fingerprint density at radius 1 is 0.318 bits per heavy atom. The predicted molar refractivity (Wildman–Crippen MR) is 389 cm³/mol. The minimum absolute atomic E-state index is 0.0162. The van der Waals surface area contributed by atoms with Crippen molar-refractivity contribution < 1.29 is 24.5 Å². The monoisotopic (exact) mass is 1240 g/mol. The fourth-order valence-corrected chi connectivity index (χ4v) is 12.8. The molecule has 6 heteroatoms. The first-order valence-corrected chi connectivity index (χ1v) is 40.2. The van der Waals surface area contributed by atoms with E-state index in [1.807, 2.05) is 0 Å². The molecule has 0 saturated heterocycles. The highest BCUT2D eigenvalue weighted by molar-refractivity contribution is 5.76. The standard InChI is InChI=1S/C82H157NO5/c1-3-5-7-9-11-13-15-17-19-42-46-50-54-58-62-66-70-74-80(85)79(78-84)83-81(86)75-71-67-63-59-55-51-47-44-40-38-36-34-32-30-28-26-24-22-21-23-25-27-29-31-33-35-37-39-41-45-49-53-57-61-65-69-73-77-88-82(87)76-72-68-64-60-56-52-48-43-20-18-16-14-12-10-8-6-4-2/h18,20-21,23,27,29,79-80,84-85H,3-17,19,22,24-26,28,30-78H2,1-2H3,(H,83,86)/b20-18-,23-21-,29-27-. The molecule has 0 rings (SSSR count). The van der Waals surface area contributed by atoms with Crippen LogP contribution in [-0.2, 0) is 14.3 Å². The lowest BCUT2D eigenvalue weighted by Gasteiger charge is -2.22. The first-order chi connectivity index (χ1) is 43.5. The SMILES string of the molecule is CCCCCCCC/C=C\CCCCCCCCCC(=O)OCCCCCCCCCCCCCCC/C=C\C/C=C\CCCCCCCCCCCCCCCCCCCC(=O)NC(CO)C(O)CCCCCCCCCCCCCCCCCCC. The number of nitrogens with one attached hydrogen (secondary N) is 1. The van der Waals surface area contributed by atoms with Crippen LogP contribution >= 0.6 is 0 Å². The molecule has 0 aliphatic rings. The topological polar surface area (TPSA) is 95.9 Å². The number of amides is 1. The smallest absolute Gasteiger partial charge is 0.305 e. The zero-order valence-electron chi connectivity index (χ0n) is 59.7. The summed E-state index contributed by atoms with van der Waals surface area (Å²) in [4.78, 5) is 24.6. The molecule has 0 aliphatic heterocycles. The molecule has 0 aliphatic carbocycles. The van der Waals surface area contributed by atoms with Gasteiger partial charge in [-0.05, 0) is 83.5 Å². The van der Waals surface area contributed by atoms with Crippen LogP contribution in [0.4, 0.5) is 0 Å². The number of hydrogen-bond donors (Lipinski definition) is 3. The highest BCUT2D eigenvalue weighted by Gasteiger charge is 2.20. The summed E-state index contributed by atoms with van der Waals surface area (Å²) >= 11 is 0. The van der Waals surface area contributed by atoms with Crippen molar-refractivity contribution >= 4 is 11.9 Å². The fraction of sp³-hybridized carbons (Fsp3) is 0.902. The molecule has 0 heterocycles. The average molecular weight is 1240 g/mol. The lowest BCUT2D eigenvalue weighted by molar-refractivity contribution is -0.143. The molecule has 0 aromatic carbocycles. The van der Waals surface area contributed by atoms with E-state index < -0.39 is 12.1 Å². The van der Waals surface area contributed by atoms with Crippen molar-refractivity contribution in [2.24, 2.45) is 0 Å². The van der Waals surface area contributed by atoms with Crippen molar-refractivity contribution in [3.63, 3.8) is 0 Å². The van der Waals surface area contributed by atoms with Gasteiger partial charge in [0, 0.05) is 12.8 Å². The van der Waals surface area contributed by atoms with E-state index >= 15 is 0 Å². The van der Waals surface area contributed by atoms with E-state index in [0.29, 0.717) is 25.9 Å². The second-order valence-corrected chi connectivity index (χ2v) is 27.7. The van der Waals surface area contributed by atoms with E-state index in [9.17, 15) is 19.8 Å². The minimum atomic E-state index is -0.663. The second-order valence-electron chi connectivity index (χ2n) is 27.7. The summed E-state index contributed by atoms with van der Waals surface area (Å²) in [6, 6.07) is -0.540. The molecule has 2 unspecified atom stereocenters. The molecule has 2 atom stereocenters. The van der Waals surface area contributed by atoms with E-state index in [-0.39, 0.29) is 18.5 Å². The number of ether oxygens (including phenoxy) is 1. The molecule has 0 saturated carbocycles. The van der Waals surface area contributed by atoms with E-state index in [2.05, 4.69) is 55.6 Å². The number of hydrogen-bond acceptors (Lipinski definition) is 5. The summed E-state index contributed by atoms with van der Waals surface area (Å²) in [5.41, 5.74) is 0. The fourth-order valence-electron chi connectivity index (χ4n) is 12.8. The summed E-state index contributed by atoms with van der Waals surface area (Å²) in [6.45, 7) is 4.99. The third-order valence-corrected chi connectivity index (χ3v) is 18.9. The summed E-state index contributed by atoms with van der Waals surface area (Å²) < 4.78 is 5.51. The Kier molecular flexibility index (Phi) is 75.8. The van der Waals surface area contributed by atoms with E-state index in [1.54, 1.807) is 0 Å². The van der Waals surface area contributed by atoms with Crippen LogP contribution in [0.2, 0.25) is 0 Å². The van der Waals surface area contributed by atoms with Crippen molar-refractivity contribution in [1.29, 1.82) is 0 Å². The number of carbonyl (C=O) groups excluding carboxylic acids is 2. The van der Waals surface area contributed by atoms with Gasteiger partial charge in [0.25, 0.3) is 0 Å². The van der Waals surface area contributed by atoms with Gasteiger partial charge in [0.05, 0.1) is 25.4 Å². The number of aliphatic hydroxyl groups excluding tert-OH is 2. The molecule has 520 valence electrons. The van der Waals surface area contributed by atoms with Crippen molar-refractivity contribution in [1.82, 2.24) is 5.32 Å². The average Bonchev–Trinajstić information content (AvgIpc) is 3.58. The number of aliphatic hydroxyl groups is 2. The van der Waals surface area contributed by atoms with Gasteiger partial charge in [0.15, 0.2) is 0 Å². The highest BCUT2D eigenvalue weighted by atomic mass is 16.5. The third kappa shape index (κ3) is 73.1. The quantitative estimate of drug-likeness (QED) is 0.0320. The maximum atomic E-state index is 12.5. The third-order valence-electron chi connectivity index (χ3n) is 18.9. The van der Waals surface area contributed by atoms with E-state index in [0.717, 1.165) is 51.4 Å². The summed E-state index contributed by atoms with van der Waals surface area (Å²) in [6.07, 6.45) is 101. The van der Waals surface area contributed by atoms with Gasteiger partial charge in [-0.3, -0.25) is 9.59 Å². The molecule has 1 amide bonds. The Labute approximate surface area is 551 Å². The van der Waals surface area contributed by atoms with Gasteiger partial charge in [0.1, 0.15) is 0 Å². The van der Waals surface area contributed by atoms with Gasteiger partial charge >= 0.3 is 5.97 Å². The Morgan fingerprint density at radius 3 is 0.875 bits per heavy atom. The zero-order chi connectivity index (χ0) is 63.5. The van der Waals surface area contributed by atoms with Crippen LogP contribution in [0.25, 0.3) is 0 Å². The second kappa shape index (κ2) is 77.5. The number of esters is 1. The van der Waals surface area contributed by atoms with E-state index in [1.165, 1.54) is 366 Å². The number of rotatable bonds is 76. The Balaban J connectivity index is 3.35. The molecule has 0 fully saturated rings. The Hall–Kier alpha value is -1.92. The van der Waals surface area contributed by atoms with E-state index in [4.69, 9.17) is 4.74 Å². The molecular formula is C82H157NO5. The van der Waals surface area contributed by atoms with Crippen LogP contribution in [0.15, 0.2) is 36.5 Å². The molecule has 0 radical (unpaired) electrons. The van der Waals surface area contributed by atoms with Crippen molar-refractivity contribution in [2.75, 3.05) is 13.2 Å². The minimum Gasteiger partial charge on any atom is -0.466 e. The lowest BCUT2D eigenvalue weighted by Crippen LogP contribution is -2.45. The summed E-state index contributed by atoms with van der Waals surface area (Å²) in [7, 11) is 0. The van der Waals surface area contributed by atoms with Crippen LogP contribution in [0.5, 0.6) is 0 Å². The van der Waals surface area contributed by atoms with Crippen LogP contribution in [0.1, 0.15) is 450 Å². The van der Waals surface area contributed by atoms with Gasteiger partial charge in [-0.25, -0.2) is 0 Å². The molecule has 88 heavy (non-hydrogen) atoms. The first kappa shape index (κ1) is 86.1. The maximum absolute atomic E-state index is 12.5. The normalized spacial score (nSPS) is 12.6. The zero-order valence-corrected chi connectivity index (χ0v) is 59.7. The van der Waals surface area contributed by atoms with Crippen molar-refractivity contribution in [2.45, 2.75) is 463 Å². The van der Waals surface area contributed by atoms with Crippen LogP contribution < -0.4 is 5.32 Å². The van der Waals surface area contributed by atoms with Crippen molar-refractivity contribution in [3.05, 3.63) is 36.5 Å². The Morgan fingerprint density at radius 2 is 0.568 bits per heavy atom. The lowest BCUT2D eigenvalue weighted by atomic mass is 10.0. The molecule has 0 aromatic heterocycles. The van der Waals surface area contributed by atoms with Gasteiger partial charge in [0.2, 0.25) is 5.91 Å². The molecule has 3 N–H and O–H groups in total. The summed E-state index contributed by atoms with van der Waals surface area (Å²) in [5.74, 6) is -0.0121.